The number of hydrogen-bond acceptors (Lipinski definition) is 5. The van der Waals surface area contributed by atoms with E-state index in [9.17, 15) is 4.79 Å². The van der Waals surface area contributed by atoms with E-state index >= 15 is 0 Å². The molecule has 2 N–H and O–H groups in total. The van der Waals surface area contributed by atoms with Gasteiger partial charge in [-0.05, 0) is 73.8 Å². The van der Waals surface area contributed by atoms with Crippen LogP contribution in [0, 0.1) is 5.92 Å². The van der Waals surface area contributed by atoms with Gasteiger partial charge in [0.15, 0.2) is 0 Å². The van der Waals surface area contributed by atoms with Gasteiger partial charge in [-0.1, -0.05) is 49.0 Å². The monoisotopic (exact) mass is 463 g/mol. The zero-order chi connectivity index (χ0) is 24.2. The lowest BCUT2D eigenvalue weighted by Gasteiger charge is -2.12. The predicted octanol–water partition coefficient (Wildman–Crippen LogP) is 5.66. The molecule has 35 heavy (non-hydrogen) atoms. The number of aromatic nitrogens is 2. The molecule has 1 fully saturated rings. The minimum atomic E-state index is -0.240. The molecule has 6 heteroatoms. The lowest BCUT2D eigenvalue weighted by Crippen LogP contribution is -2.14. The molecule has 1 aliphatic rings. The molecule has 0 radical (unpaired) electrons. The first-order valence-corrected chi connectivity index (χ1v) is 11.9. The number of hydrogen-bond donors (Lipinski definition) is 2. The first-order chi connectivity index (χ1) is 17.1. The first kappa shape index (κ1) is 22.7. The lowest BCUT2D eigenvalue weighted by molar-refractivity contribution is -0.111. The zero-order valence-electron chi connectivity index (χ0n) is 19.9. The lowest BCUT2D eigenvalue weighted by atomic mass is 9.98. The summed E-state index contributed by atoms with van der Waals surface area (Å²) in [5.74, 6) is 1.05. The second-order valence-corrected chi connectivity index (χ2v) is 9.15. The molecule has 1 saturated heterocycles. The van der Waals surface area contributed by atoms with Crippen LogP contribution >= 0.6 is 0 Å². The first-order valence-electron chi connectivity index (χ1n) is 11.9. The van der Waals surface area contributed by atoms with Crippen LogP contribution in [0.25, 0.3) is 22.0 Å². The highest BCUT2D eigenvalue weighted by atomic mass is 16.1. The molecular formula is C29H29N5O. The molecule has 0 spiro atoms. The number of nitrogens with zero attached hydrogens (tertiary/aromatic N) is 3. The summed E-state index contributed by atoms with van der Waals surface area (Å²) in [7, 11) is 2.19. The van der Waals surface area contributed by atoms with Crippen molar-refractivity contribution in [2.24, 2.45) is 5.92 Å². The largest absolute Gasteiger partial charge is 0.324 e. The van der Waals surface area contributed by atoms with E-state index in [0.29, 0.717) is 11.6 Å². The fourth-order valence-corrected chi connectivity index (χ4v) is 4.69. The van der Waals surface area contributed by atoms with Crippen LogP contribution in [0.2, 0.25) is 0 Å². The van der Waals surface area contributed by atoms with E-state index in [1.165, 1.54) is 31.1 Å². The Balaban J connectivity index is 1.37. The number of nitrogens with one attached hydrogen (secondary N) is 2. The number of rotatable bonds is 7. The van der Waals surface area contributed by atoms with Crippen LogP contribution in [0.15, 0.2) is 85.6 Å². The smallest absolute Gasteiger partial charge is 0.247 e. The molecule has 1 atom stereocenters. The van der Waals surface area contributed by atoms with Gasteiger partial charge >= 0.3 is 0 Å². The number of para-hydroxylation sites is 1. The van der Waals surface area contributed by atoms with Gasteiger partial charge in [-0.25, -0.2) is 9.97 Å². The van der Waals surface area contributed by atoms with Crippen molar-refractivity contribution >= 4 is 34.1 Å². The minimum absolute atomic E-state index is 0.240. The molecule has 0 aliphatic carbocycles. The summed E-state index contributed by atoms with van der Waals surface area (Å²) in [5.41, 5.74) is 5.81. The maximum absolute atomic E-state index is 11.7. The van der Waals surface area contributed by atoms with Gasteiger partial charge in [-0.3, -0.25) is 4.79 Å². The summed E-state index contributed by atoms with van der Waals surface area (Å²) in [4.78, 5) is 23.5. The van der Waals surface area contributed by atoms with E-state index in [4.69, 9.17) is 4.98 Å². The molecule has 1 amide bonds. The third kappa shape index (κ3) is 5.39. The van der Waals surface area contributed by atoms with Crippen LogP contribution in [-0.4, -0.2) is 40.9 Å². The van der Waals surface area contributed by atoms with Crippen molar-refractivity contribution in [1.29, 1.82) is 0 Å². The Morgan fingerprint density at radius 3 is 2.71 bits per heavy atom. The van der Waals surface area contributed by atoms with Gasteiger partial charge in [0, 0.05) is 35.1 Å². The Morgan fingerprint density at radius 2 is 1.94 bits per heavy atom. The van der Waals surface area contributed by atoms with Gasteiger partial charge < -0.3 is 15.5 Å². The van der Waals surface area contributed by atoms with E-state index in [1.54, 1.807) is 0 Å². The normalized spacial score (nSPS) is 15.7. The molecule has 0 unspecified atom stereocenters. The minimum Gasteiger partial charge on any atom is -0.324 e. The highest BCUT2D eigenvalue weighted by molar-refractivity contribution is 6.00. The van der Waals surface area contributed by atoms with Crippen LogP contribution in [0.1, 0.15) is 12.0 Å². The summed E-state index contributed by atoms with van der Waals surface area (Å²) in [5, 5.41) is 7.12. The Kier molecular flexibility index (Phi) is 6.55. The number of likely N-dealkylation sites (tertiary alicyclic amines) is 1. The summed E-state index contributed by atoms with van der Waals surface area (Å²) in [6.07, 6.45) is 5.48. The molecule has 3 aromatic carbocycles. The van der Waals surface area contributed by atoms with Crippen LogP contribution in [-0.2, 0) is 11.2 Å². The molecule has 0 saturated carbocycles. The fourth-order valence-electron chi connectivity index (χ4n) is 4.69. The van der Waals surface area contributed by atoms with E-state index < -0.39 is 0 Å². The van der Waals surface area contributed by atoms with Crippen LogP contribution in [0.5, 0.6) is 0 Å². The molecule has 176 valence electrons. The summed E-state index contributed by atoms with van der Waals surface area (Å²) in [6, 6.07) is 22.3. The second kappa shape index (κ2) is 10.1. The highest BCUT2D eigenvalue weighted by Crippen LogP contribution is 2.30. The van der Waals surface area contributed by atoms with Crippen molar-refractivity contribution in [2.75, 3.05) is 30.8 Å². The second-order valence-electron chi connectivity index (χ2n) is 9.15. The Labute approximate surface area is 205 Å². The van der Waals surface area contributed by atoms with E-state index in [1.807, 2.05) is 48.7 Å². The van der Waals surface area contributed by atoms with E-state index in [0.717, 1.165) is 40.1 Å². The predicted molar refractivity (Wildman–Crippen MR) is 143 cm³/mol. The van der Waals surface area contributed by atoms with Gasteiger partial charge in [-0.2, -0.15) is 0 Å². The Morgan fingerprint density at radius 1 is 1.11 bits per heavy atom. The SMILES string of the molecule is C=CC(=O)Nc1cccc(-c2cccc3cnc(Nc4ccc(C[C@H]5CCN(C)C5)cc4)nc23)c1. The molecule has 1 aliphatic heterocycles. The third-order valence-electron chi connectivity index (χ3n) is 6.46. The fraction of sp³-hybridized carbons (Fsp3) is 0.207. The number of carbonyl (C=O) groups is 1. The van der Waals surface area contributed by atoms with Crippen LogP contribution < -0.4 is 10.6 Å². The Hall–Kier alpha value is -4.03. The van der Waals surface area contributed by atoms with Gasteiger partial charge in [0.1, 0.15) is 0 Å². The maximum atomic E-state index is 11.7. The number of fused-ring (bicyclic) bond motifs is 1. The maximum Gasteiger partial charge on any atom is 0.247 e. The van der Waals surface area contributed by atoms with E-state index in [-0.39, 0.29) is 5.91 Å². The molecule has 5 rings (SSSR count). The Bertz CT molecular complexity index is 1370. The average molecular weight is 464 g/mol. The van der Waals surface area contributed by atoms with Crippen molar-refractivity contribution < 1.29 is 4.79 Å². The van der Waals surface area contributed by atoms with Crippen LogP contribution in [0.4, 0.5) is 17.3 Å². The third-order valence-corrected chi connectivity index (χ3v) is 6.46. The van der Waals surface area contributed by atoms with Gasteiger partial charge in [0.05, 0.1) is 5.52 Å². The van der Waals surface area contributed by atoms with Gasteiger partial charge in [0.2, 0.25) is 11.9 Å². The zero-order valence-corrected chi connectivity index (χ0v) is 19.9. The molecule has 0 bridgehead atoms. The van der Waals surface area contributed by atoms with Crippen molar-refractivity contribution in [2.45, 2.75) is 12.8 Å². The topological polar surface area (TPSA) is 70.2 Å². The van der Waals surface area contributed by atoms with Crippen LogP contribution in [0.3, 0.4) is 0 Å². The van der Waals surface area contributed by atoms with Crippen molar-refractivity contribution in [3.63, 3.8) is 0 Å². The number of amides is 1. The van der Waals surface area contributed by atoms with E-state index in [2.05, 4.69) is 58.4 Å². The quantitative estimate of drug-likeness (QED) is 0.346. The molecular weight excluding hydrogens is 434 g/mol. The van der Waals surface area contributed by atoms with Gasteiger partial charge in [-0.15, -0.1) is 0 Å². The molecule has 6 nitrogen and oxygen atoms in total. The van der Waals surface area contributed by atoms with Crippen molar-refractivity contribution in [3.8, 4) is 11.1 Å². The molecule has 4 aromatic rings. The highest BCUT2D eigenvalue weighted by Gasteiger charge is 2.19. The summed E-state index contributed by atoms with van der Waals surface area (Å²) in [6.45, 7) is 5.89. The number of anilines is 3. The number of carbonyl (C=O) groups excluding carboxylic acids is 1. The summed E-state index contributed by atoms with van der Waals surface area (Å²) < 4.78 is 0. The van der Waals surface area contributed by atoms with Gasteiger partial charge in [0.25, 0.3) is 0 Å². The molecule has 1 aromatic heterocycles. The van der Waals surface area contributed by atoms with Crippen molar-refractivity contribution in [1.82, 2.24) is 14.9 Å². The standard InChI is InChI=1S/C29H29N5O/c1-3-27(35)31-25-8-4-6-22(17-25)26-9-5-7-23-18-30-29(33-28(23)26)32-24-12-10-20(11-13-24)16-21-14-15-34(2)19-21/h3-13,17-18,21H,1,14-16,19H2,2H3,(H,31,35)(H,30,32,33)/t21-/m1/s1. The van der Waals surface area contributed by atoms with Crippen molar-refractivity contribution in [3.05, 3.63) is 91.1 Å². The molecule has 2 heterocycles. The average Bonchev–Trinajstić information content (AvgIpc) is 3.29. The number of benzene rings is 3. The summed E-state index contributed by atoms with van der Waals surface area (Å²) >= 11 is 0.